The molecule has 0 saturated carbocycles. The van der Waals surface area contributed by atoms with E-state index in [4.69, 9.17) is 16.7 Å². The van der Waals surface area contributed by atoms with Crippen LogP contribution in [0.25, 0.3) is 11.7 Å². The van der Waals surface area contributed by atoms with Crippen LogP contribution in [0, 0.1) is 0 Å². The van der Waals surface area contributed by atoms with E-state index in [1.54, 1.807) is 10.6 Å². The summed E-state index contributed by atoms with van der Waals surface area (Å²) in [6.45, 7) is 0. The van der Waals surface area contributed by atoms with Crippen LogP contribution in [0.2, 0.25) is 5.15 Å². The first kappa shape index (κ1) is 11.2. The fraction of sp³-hybridized carbons (Fsp3) is 0. The fourth-order valence-electron chi connectivity index (χ4n) is 1.32. The molecule has 0 radical (unpaired) electrons. The first-order valence-electron chi connectivity index (χ1n) is 4.32. The third-order valence-electron chi connectivity index (χ3n) is 1.98. The van der Waals surface area contributed by atoms with E-state index in [2.05, 4.69) is 20.9 Å². The van der Waals surface area contributed by atoms with E-state index in [9.17, 15) is 4.79 Å². The summed E-state index contributed by atoms with van der Waals surface area (Å²) in [5.41, 5.74) is 1.19. The van der Waals surface area contributed by atoms with Crippen molar-refractivity contribution in [2.24, 2.45) is 0 Å². The molecule has 0 saturated heterocycles. The lowest BCUT2D eigenvalue weighted by Gasteiger charge is -1.97. The zero-order valence-electron chi connectivity index (χ0n) is 7.89. The molecule has 0 bridgehead atoms. The minimum atomic E-state index is -1.03. The van der Waals surface area contributed by atoms with Gasteiger partial charge in [-0.2, -0.15) is 0 Å². The average Bonchev–Trinajstić information content (AvgIpc) is 2.53. The average molecular weight is 302 g/mol. The van der Waals surface area contributed by atoms with Crippen LogP contribution in [0.5, 0.6) is 0 Å². The largest absolute Gasteiger partial charge is 0.478 e. The summed E-state index contributed by atoms with van der Waals surface area (Å²) in [7, 11) is 0. The minimum absolute atomic E-state index is 0.268. The molecular formula is C10H6BrClN2O2. The van der Waals surface area contributed by atoms with Gasteiger partial charge in [-0.15, -0.1) is 0 Å². The zero-order chi connectivity index (χ0) is 11.7. The van der Waals surface area contributed by atoms with Crippen LogP contribution >= 0.6 is 27.5 Å². The van der Waals surface area contributed by atoms with Crippen molar-refractivity contribution in [1.29, 1.82) is 0 Å². The van der Waals surface area contributed by atoms with Gasteiger partial charge in [-0.05, 0) is 34.1 Å². The Kier molecular flexibility index (Phi) is 2.98. The van der Waals surface area contributed by atoms with Crippen molar-refractivity contribution in [3.05, 3.63) is 39.7 Å². The summed E-state index contributed by atoms with van der Waals surface area (Å²) in [5, 5.41) is 8.83. The SMILES string of the molecule is O=C(O)/C=C/c1c(Cl)nc2c(Br)cccn12. The Morgan fingerprint density at radius 3 is 3.06 bits per heavy atom. The quantitative estimate of drug-likeness (QED) is 0.868. The molecule has 2 aromatic rings. The predicted molar refractivity (Wildman–Crippen MR) is 64.6 cm³/mol. The van der Waals surface area contributed by atoms with E-state index in [1.165, 1.54) is 6.08 Å². The van der Waals surface area contributed by atoms with Crippen LogP contribution in [0.4, 0.5) is 0 Å². The zero-order valence-corrected chi connectivity index (χ0v) is 10.2. The third kappa shape index (κ3) is 1.96. The Morgan fingerprint density at radius 1 is 1.62 bits per heavy atom. The van der Waals surface area contributed by atoms with Gasteiger partial charge in [-0.25, -0.2) is 9.78 Å². The molecule has 0 aliphatic rings. The fourth-order valence-corrected chi connectivity index (χ4v) is 1.99. The van der Waals surface area contributed by atoms with Crippen molar-refractivity contribution in [2.75, 3.05) is 0 Å². The Hall–Kier alpha value is -1.33. The number of nitrogens with zero attached hydrogens (tertiary/aromatic N) is 2. The molecule has 2 aromatic heterocycles. The van der Waals surface area contributed by atoms with Crippen LogP contribution in [0.1, 0.15) is 5.69 Å². The van der Waals surface area contributed by atoms with Crippen molar-refractivity contribution in [1.82, 2.24) is 9.38 Å². The van der Waals surface area contributed by atoms with Crippen molar-refractivity contribution in [2.45, 2.75) is 0 Å². The molecule has 82 valence electrons. The van der Waals surface area contributed by atoms with Gasteiger partial charge in [0.2, 0.25) is 0 Å². The highest BCUT2D eigenvalue weighted by molar-refractivity contribution is 9.10. The van der Waals surface area contributed by atoms with Gasteiger partial charge in [-0.3, -0.25) is 4.40 Å². The van der Waals surface area contributed by atoms with Gasteiger partial charge in [-0.1, -0.05) is 11.6 Å². The van der Waals surface area contributed by atoms with Crippen LogP contribution in [-0.4, -0.2) is 20.5 Å². The highest BCUT2D eigenvalue weighted by Gasteiger charge is 2.09. The first-order valence-corrected chi connectivity index (χ1v) is 5.50. The Bertz CT molecular complexity index is 592. The summed E-state index contributed by atoms with van der Waals surface area (Å²) >= 11 is 9.27. The number of hydrogen-bond acceptors (Lipinski definition) is 2. The first-order chi connectivity index (χ1) is 7.59. The number of rotatable bonds is 2. The number of hydrogen-bond donors (Lipinski definition) is 1. The van der Waals surface area contributed by atoms with E-state index >= 15 is 0 Å². The maximum absolute atomic E-state index is 10.4. The second-order valence-electron chi connectivity index (χ2n) is 3.01. The highest BCUT2D eigenvalue weighted by atomic mass is 79.9. The van der Waals surface area contributed by atoms with Gasteiger partial charge >= 0.3 is 5.97 Å². The Balaban J connectivity index is 2.65. The van der Waals surface area contributed by atoms with Gasteiger partial charge < -0.3 is 5.11 Å². The van der Waals surface area contributed by atoms with E-state index < -0.39 is 5.97 Å². The molecule has 2 rings (SSSR count). The summed E-state index contributed by atoms with van der Waals surface area (Å²) in [6, 6.07) is 3.65. The van der Waals surface area contributed by atoms with Crippen LogP contribution < -0.4 is 0 Å². The maximum Gasteiger partial charge on any atom is 0.328 e. The van der Waals surface area contributed by atoms with Gasteiger partial charge in [0.25, 0.3) is 0 Å². The van der Waals surface area contributed by atoms with E-state index in [0.717, 1.165) is 10.5 Å². The summed E-state index contributed by atoms with van der Waals surface area (Å²) in [4.78, 5) is 14.6. The molecule has 0 amide bonds. The Morgan fingerprint density at radius 2 is 2.38 bits per heavy atom. The van der Waals surface area contributed by atoms with Gasteiger partial charge in [0.1, 0.15) is 0 Å². The number of aliphatic carboxylic acids is 1. The van der Waals surface area contributed by atoms with Crippen molar-refractivity contribution in [3.8, 4) is 0 Å². The van der Waals surface area contributed by atoms with Crippen molar-refractivity contribution >= 4 is 45.2 Å². The van der Waals surface area contributed by atoms with Gasteiger partial charge in [0.05, 0.1) is 10.2 Å². The lowest BCUT2D eigenvalue weighted by atomic mass is 10.4. The Labute approximate surface area is 104 Å². The van der Waals surface area contributed by atoms with Crippen molar-refractivity contribution < 1.29 is 9.90 Å². The van der Waals surface area contributed by atoms with Crippen LogP contribution in [0.15, 0.2) is 28.9 Å². The molecule has 1 N–H and O–H groups in total. The number of carboxylic acid groups (broad SMARTS) is 1. The molecule has 0 aliphatic carbocycles. The second-order valence-corrected chi connectivity index (χ2v) is 4.22. The lowest BCUT2D eigenvalue weighted by molar-refractivity contribution is -0.131. The molecule has 6 heteroatoms. The van der Waals surface area contributed by atoms with E-state index in [0.29, 0.717) is 11.3 Å². The molecule has 0 unspecified atom stereocenters. The summed E-state index contributed by atoms with van der Waals surface area (Å²) < 4.78 is 2.51. The van der Waals surface area contributed by atoms with E-state index in [1.807, 2.05) is 12.1 Å². The number of aromatic nitrogens is 2. The normalized spacial score (nSPS) is 11.4. The van der Waals surface area contributed by atoms with E-state index in [-0.39, 0.29) is 5.15 Å². The van der Waals surface area contributed by atoms with Crippen molar-refractivity contribution in [3.63, 3.8) is 0 Å². The number of carbonyl (C=O) groups is 1. The monoisotopic (exact) mass is 300 g/mol. The van der Waals surface area contributed by atoms with Crippen LogP contribution in [0.3, 0.4) is 0 Å². The molecule has 4 nitrogen and oxygen atoms in total. The standard InChI is InChI=1S/C10H6BrClN2O2/c11-6-2-1-5-14-7(3-4-8(15)16)9(12)13-10(6)14/h1-5H,(H,15,16)/b4-3+. The molecule has 2 heterocycles. The third-order valence-corrected chi connectivity index (χ3v) is 2.88. The van der Waals surface area contributed by atoms with Gasteiger partial charge in [0, 0.05) is 12.3 Å². The molecule has 0 spiro atoms. The molecule has 0 aliphatic heterocycles. The number of halogens is 2. The van der Waals surface area contributed by atoms with Gasteiger partial charge in [0.15, 0.2) is 10.8 Å². The molecular weight excluding hydrogens is 295 g/mol. The molecule has 0 aromatic carbocycles. The second kappa shape index (κ2) is 4.27. The summed E-state index contributed by atoms with van der Waals surface area (Å²) in [6.07, 6.45) is 4.20. The number of carboxylic acids is 1. The molecule has 16 heavy (non-hydrogen) atoms. The number of pyridine rings is 1. The summed E-state index contributed by atoms with van der Waals surface area (Å²) in [5.74, 6) is -1.03. The topological polar surface area (TPSA) is 54.6 Å². The lowest BCUT2D eigenvalue weighted by Crippen LogP contribution is -1.90. The maximum atomic E-state index is 10.4. The molecule has 0 fully saturated rings. The molecule has 0 atom stereocenters. The predicted octanol–water partition coefficient (Wildman–Crippen LogP) is 2.85. The smallest absolute Gasteiger partial charge is 0.328 e. The number of imidazole rings is 1. The minimum Gasteiger partial charge on any atom is -0.478 e. The number of fused-ring (bicyclic) bond motifs is 1. The van der Waals surface area contributed by atoms with Crippen LogP contribution in [-0.2, 0) is 4.79 Å². The highest BCUT2D eigenvalue weighted by Crippen LogP contribution is 2.24.